The van der Waals surface area contributed by atoms with Gasteiger partial charge in [-0.05, 0) is 12.8 Å². The first-order valence-electron chi connectivity index (χ1n) is 7.47. The van der Waals surface area contributed by atoms with Crippen LogP contribution in [-0.4, -0.2) is 35.0 Å². The number of methoxy groups -OCH3 is 1. The van der Waals surface area contributed by atoms with Gasteiger partial charge in [-0.15, -0.1) is 0 Å². The van der Waals surface area contributed by atoms with Crippen molar-refractivity contribution >= 4 is 11.9 Å². The first-order chi connectivity index (χ1) is 10.1. The van der Waals surface area contributed by atoms with Crippen LogP contribution in [-0.2, 0) is 20.7 Å². The van der Waals surface area contributed by atoms with Gasteiger partial charge in [-0.1, -0.05) is 26.7 Å². The summed E-state index contributed by atoms with van der Waals surface area (Å²) in [6.45, 7) is 4.11. The predicted octanol–water partition coefficient (Wildman–Crippen LogP) is 1.83. The molecule has 0 bridgehead atoms. The fraction of sp³-hybridized carbons (Fsp3) is 0.667. The molecule has 1 aromatic rings. The molecule has 0 unspecified atom stereocenters. The summed E-state index contributed by atoms with van der Waals surface area (Å²) in [6.07, 6.45) is 7.09. The number of imidazole rings is 1. The van der Waals surface area contributed by atoms with Crippen LogP contribution in [0.1, 0.15) is 45.2 Å². The highest BCUT2D eigenvalue weighted by Gasteiger charge is 2.26. The molecule has 21 heavy (non-hydrogen) atoms. The molecular formula is C15H25N3O3. The predicted molar refractivity (Wildman–Crippen MR) is 79.5 cm³/mol. The molecule has 6 nitrogen and oxygen atoms in total. The summed E-state index contributed by atoms with van der Waals surface area (Å²) < 4.78 is 4.77. The van der Waals surface area contributed by atoms with Crippen molar-refractivity contribution in [2.45, 2.75) is 52.0 Å². The fourth-order valence-electron chi connectivity index (χ4n) is 2.34. The van der Waals surface area contributed by atoms with E-state index in [9.17, 15) is 9.59 Å². The van der Waals surface area contributed by atoms with E-state index in [1.54, 1.807) is 12.5 Å². The Balaban J connectivity index is 2.70. The summed E-state index contributed by atoms with van der Waals surface area (Å²) >= 11 is 0. The monoisotopic (exact) mass is 295 g/mol. The molecule has 118 valence electrons. The number of rotatable bonds is 9. The Morgan fingerprint density at radius 3 is 2.48 bits per heavy atom. The number of nitrogens with zero attached hydrogens (tertiary/aromatic N) is 1. The highest BCUT2D eigenvalue weighted by molar-refractivity contribution is 5.85. The van der Waals surface area contributed by atoms with Crippen LogP contribution < -0.4 is 5.32 Å². The molecule has 1 aromatic heterocycles. The molecular weight excluding hydrogens is 270 g/mol. The van der Waals surface area contributed by atoms with Gasteiger partial charge in [-0.2, -0.15) is 0 Å². The quantitative estimate of drug-likeness (QED) is 0.681. The molecule has 0 aromatic carbocycles. The Labute approximate surface area is 125 Å². The maximum Gasteiger partial charge on any atom is 0.328 e. The van der Waals surface area contributed by atoms with Crippen LogP contribution in [0.2, 0.25) is 0 Å². The number of carbonyl (C=O) groups excluding carboxylic acids is 2. The zero-order chi connectivity index (χ0) is 15.7. The van der Waals surface area contributed by atoms with Crippen LogP contribution in [0.3, 0.4) is 0 Å². The van der Waals surface area contributed by atoms with E-state index < -0.39 is 12.0 Å². The third-order valence-corrected chi connectivity index (χ3v) is 3.43. The van der Waals surface area contributed by atoms with Gasteiger partial charge in [0, 0.05) is 24.2 Å². The molecule has 2 N–H and O–H groups in total. The van der Waals surface area contributed by atoms with Gasteiger partial charge in [0.15, 0.2) is 0 Å². The molecule has 0 saturated heterocycles. The minimum Gasteiger partial charge on any atom is -0.467 e. The van der Waals surface area contributed by atoms with Gasteiger partial charge in [0.25, 0.3) is 0 Å². The van der Waals surface area contributed by atoms with Crippen molar-refractivity contribution in [1.29, 1.82) is 0 Å². The lowest BCUT2D eigenvalue weighted by Gasteiger charge is -2.20. The smallest absolute Gasteiger partial charge is 0.328 e. The van der Waals surface area contributed by atoms with E-state index in [-0.39, 0.29) is 11.8 Å². The Hall–Kier alpha value is -1.85. The Bertz CT molecular complexity index is 425. The van der Waals surface area contributed by atoms with Crippen molar-refractivity contribution in [1.82, 2.24) is 15.3 Å². The van der Waals surface area contributed by atoms with Gasteiger partial charge in [-0.3, -0.25) is 4.79 Å². The zero-order valence-electron chi connectivity index (χ0n) is 13.0. The summed E-state index contributed by atoms with van der Waals surface area (Å²) in [5.74, 6) is -0.563. The molecule has 1 amide bonds. The number of ether oxygens (including phenoxy) is 1. The number of aromatic amines is 1. The molecule has 6 heteroatoms. The van der Waals surface area contributed by atoms with Gasteiger partial charge >= 0.3 is 5.97 Å². The van der Waals surface area contributed by atoms with Crippen molar-refractivity contribution in [3.63, 3.8) is 0 Å². The molecule has 0 aliphatic rings. The number of nitrogens with one attached hydrogen (secondary N) is 2. The lowest BCUT2D eigenvalue weighted by molar-refractivity contribution is -0.145. The average molecular weight is 295 g/mol. The zero-order valence-corrected chi connectivity index (χ0v) is 13.0. The van der Waals surface area contributed by atoms with Gasteiger partial charge in [0.2, 0.25) is 5.91 Å². The third kappa shape index (κ3) is 5.57. The minimum atomic E-state index is -0.681. The Morgan fingerprint density at radius 1 is 1.33 bits per heavy atom. The molecule has 0 saturated carbocycles. The standard InChI is InChI=1S/C15H25N3O3/c1-4-6-11(7-5-2)14(19)18-13(15(20)21-3)8-12-9-16-10-17-12/h9-11,13H,4-8H2,1-3H3,(H,16,17)(H,18,19)/t13-/m0/s1. The van der Waals surface area contributed by atoms with E-state index in [1.165, 1.54) is 7.11 Å². The van der Waals surface area contributed by atoms with Crippen LogP contribution in [0.15, 0.2) is 12.5 Å². The second kappa shape index (κ2) is 9.15. The van der Waals surface area contributed by atoms with E-state index in [2.05, 4.69) is 29.1 Å². The van der Waals surface area contributed by atoms with E-state index in [1.807, 2.05) is 0 Å². The summed E-state index contributed by atoms with van der Waals surface area (Å²) in [5, 5.41) is 2.81. The molecule has 0 aliphatic carbocycles. The maximum absolute atomic E-state index is 12.3. The largest absolute Gasteiger partial charge is 0.467 e. The Morgan fingerprint density at radius 2 is 2.00 bits per heavy atom. The first kappa shape index (κ1) is 17.2. The van der Waals surface area contributed by atoms with Crippen LogP contribution >= 0.6 is 0 Å². The van der Waals surface area contributed by atoms with Gasteiger partial charge in [0.1, 0.15) is 6.04 Å². The summed E-state index contributed by atoms with van der Waals surface area (Å²) in [7, 11) is 1.32. The fourth-order valence-corrected chi connectivity index (χ4v) is 2.34. The summed E-state index contributed by atoms with van der Waals surface area (Å²) in [6, 6.07) is -0.681. The molecule has 0 radical (unpaired) electrons. The molecule has 0 spiro atoms. The van der Waals surface area contributed by atoms with Gasteiger partial charge in [0.05, 0.1) is 13.4 Å². The number of H-pyrrole nitrogens is 1. The van der Waals surface area contributed by atoms with Crippen molar-refractivity contribution in [2.75, 3.05) is 7.11 Å². The summed E-state index contributed by atoms with van der Waals surface area (Å²) in [5.41, 5.74) is 0.785. The van der Waals surface area contributed by atoms with Crippen molar-refractivity contribution in [3.8, 4) is 0 Å². The van der Waals surface area contributed by atoms with Gasteiger partial charge in [-0.25, -0.2) is 9.78 Å². The van der Waals surface area contributed by atoms with Crippen molar-refractivity contribution < 1.29 is 14.3 Å². The number of hydrogen-bond acceptors (Lipinski definition) is 4. The van der Waals surface area contributed by atoms with Crippen LogP contribution in [0.4, 0.5) is 0 Å². The third-order valence-electron chi connectivity index (χ3n) is 3.43. The second-order valence-corrected chi connectivity index (χ2v) is 5.14. The van der Waals surface area contributed by atoms with Crippen molar-refractivity contribution in [3.05, 3.63) is 18.2 Å². The van der Waals surface area contributed by atoms with Crippen LogP contribution in [0.5, 0.6) is 0 Å². The molecule has 1 rings (SSSR count). The number of hydrogen-bond donors (Lipinski definition) is 2. The maximum atomic E-state index is 12.3. The average Bonchev–Trinajstić information content (AvgIpc) is 2.98. The second-order valence-electron chi connectivity index (χ2n) is 5.14. The first-order valence-corrected chi connectivity index (χ1v) is 7.47. The number of carbonyl (C=O) groups is 2. The van der Waals surface area contributed by atoms with Gasteiger partial charge < -0.3 is 15.0 Å². The number of esters is 1. The SMILES string of the molecule is CCCC(CCC)C(=O)N[C@@H](Cc1cnc[nH]1)C(=O)OC. The molecule has 1 heterocycles. The lowest BCUT2D eigenvalue weighted by atomic mass is 9.96. The normalized spacial score (nSPS) is 12.2. The van der Waals surface area contributed by atoms with Crippen molar-refractivity contribution in [2.24, 2.45) is 5.92 Å². The number of aromatic nitrogens is 2. The van der Waals surface area contributed by atoms with E-state index in [4.69, 9.17) is 4.74 Å². The lowest BCUT2D eigenvalue weighted by Crippen LogP contribution is -2.45. The molecule has 0 fully saturated rings. The van der Waals surface area contributed by atoms with Crippen LogP contribution in [0, 0.1) is 5.92 Å². The molecule has 1 atom stereocenters. The van der Waals surface area contributed by atoms with E-state index >= 15 is 0 Å². The highest BCUT2D eigenvalue weighted by atomic mass is 16.5. The van der Waals surface area contributed by atoms with E-state index in [0.29, 0.717) is 6.42 Å². The van der Waals surface area contributed by atoms with Crippen LogP contribution in [0.25, 0.3) is 0 Å². The topological polar surface area (TPSA) is 84.1 Å². The highest BCUT2D eigenvalue weighted by Crippen LogP contribution is 2.14. The van der Waals surface area contributed by atoms with E-state index in [0.717, 1.165) is 31.4 Å². The molecule has 0 aliphatic heterocycles. The number of amides is 1. The Kier molecular flexibility index (Phi) is 7.50. The summed E-state index contributed by atoms with van der Waals surface area (Å²) in [4.78, 5) is 31.0. The minimum absolute atomic E-state index is 0.0473.